The summed E-state index contributed by atoms with van der Waals surface area (Å²) in [5.41, 5.74) is 1.13. The Morgan fingerprint density at radius 1 is 1.50 bits per heavy atom. The molecule has 1 fully saturated rings. The second-order valence-corrected chi connectivity index (χ2v) is 4.77. The van der Waals surface area contributed by atoms with E-state index in [0.717, 1.165) is 25.9 Å². The highest BCUT2D eigenvalue weighted by Gasteiger charge is 2.18. The van der Waals surface area contributed by atoms with Gasteiger partial charge < -0.3 is 10.6 Å². The predicted molar refractivity (Wildman–Crippen MR) is 78.4 cm³/mol. The molecular formula is C13H18ClN3O3. The number of amides is 1. The number of carbonyl (C=O) groups excluding carboxylic acids is 1. The molecular weight excluding hydrogens is 282 g/mol. The van der Waals surface area contributed by atoms with E-state index >= 15 is 0 Å². The fourth-order valence-electron chi connectivity index (χ4n) is 2.25. The van der Waals surface area contributed by atoms with E-state index in [1.165, 1.54) is 18.2 Å². The summed E-state index contributed by atoms with van der Waals surface area (Å²) in [5, 5.41) is 16.8. The third-order valence-corrected chi connectivity index (χ3v) is 3.30. The number of carbonyl (C=O) groups is 1. The van der Waals surface area contributed by atoms with Crippen molar-refractivity contribution in [2.75, 3.05) is 13.1 Å². The van der Waals surface area contributed by atoms with Crippen LogP contribution in [0.5, 0.6) is 0 Å². The first-order valence-corrected chi connectivity index (χ1v) is 6.34. The van der Waals surface area contributed by atoms with E-state index in [1.807, 2.05) is 0 Å². The Morgan fingerprint density at radius 2 is 2.25 bits per heavy atom. The number of hydrogen-bond donors (Lipinski definition) is 2. The summed E-state index contributed by atoms with van der Waals surface area (Å²) in [7, 11) is 0. The van der Waals surface area contributed by atoms with Gasteiger partial charge in [0.25, 0.3) is 11.6 Å². The van der Waals surface area contributed by atoms with Crippen LogP contribution in [0.4, 0.5) is 5.69 Å². The molecule has 7 heteroatoms. The minimum absolute atomic E-state index is 0. The molecule has 110 valence electrons. The van der Waals surface area contributed by atoms with Crippen LogP contribution in [0.15, 0.2) is 18.2 Å². The van der Waals surface area contributed by atoms with Crippen LogP contribution in [0.1, 0.15) is 28.8 Å². The number of non-ortho nitro benzene ring substituents is 1. The summed E-state index contributed by atoms with van der Waals surface area (Å²) in [5.74, 6) is -0.166. The number of halogens is 1. The van der Waals surface area contributed by atoms with Gasteiger partial charge in [-0.3, -0.25) is 14.9 Å². The van der Waals surface area contributed by atoms with Gasteiger partial charge in [0.05, 0.1) is 4.92 Å². The Kier molecular flexibility index (Phi) is 5.91. The number of nitro benzene ring substituents is 1. The third-order valence-electron chi connectivity index (χ3n) is 3.30. The van der Waals surface area contributed by atoms with Crippen molar-refractivity contribution in [2.45, 2.75) is 25.8 Å². The minimum atomic E-state index is -0.459. The Bertz CT molecular complexity index is 502. The van der Waals surface area contributed by atoms with Crippen molar-refractivity contribution in [1.29, 1.82) is 0 Å². The highest BCUT2D eigenvalue weighted by Crippen LogP contribution is 2.17. The molecule has 1 atom stereocenters. The molecule has 1 saturated heterocycles. The maximum atomic E-state index is 12.1. The van der Waals surface area contributed by atoms with E-state index in [1.54, 1.807) is 6.92 Å². The van der Waals surface area contributed by atoms with E-state index in [-0.39, 0.29) is 30.0 Å². The van der Waals surface area contributed by atoms with Gasteiger partial charge in [0.1, 0.15) is 0 Å². The minimum Gasteiger partial charge on any atom is -0.348 e. The number of nitrogens with one attached hydrogen (secondary N) is 2. The molecule has 0 bridgehead atoms. The van der Waals surface area contributed by atoms with Crippen LogP contribution in [0, 0.1) is 17.0 Å². The number of benzene rings is 1. The van der Waals surface area contributed by atoms with Gasteiger partial charge in [0, 0.05) is 30.3 Å². The molecule has 1 aromatic rings. The van der Waals surface area contributed by atoms with Gasteiger partial charge in [-0.1, -0.05) is 0 Å². The standard InChI is InChI=1S/C13H17N3O3.ClH/c1-9-7-11(16(18)19)4-5-12(9)13(17)15-10-3-2-6-14-8-10;/h4-5,7,10,14H,2-3,6,8H2,1H3,(H,15,17);1H. The van der Waals surface area contributed by atoms with Gasteiger partial charge in [0.2, 0.25) is 0 Å². The molecule has 0 aromatic heterocycles. The zero-order valence-corrected chi connectivity index (χ0v) is 12.0. The predicted octanol–water partition coefficient (Wildman–Crippen LogP) is 1.81. The lowest BCUT2D eigenvalue weighted by Gasteiger charge is -2.24. The Morgan fingerprint density at radius 3 is 2.80 bits per heavy atom. The van der Waals surface area contributed by atoms with Crippen LogP contribution in [-0.4, -0.2) is 30.0 Å². The van der Waals surface area contributed by atoms with Crippen molar-refractivity contribution >= 4 is 24.0 Å². The SMILES string of the molecule is Cc1cc([N+](=O)[O-])ccc1C(=O)NC1CCCNC1.Cl. The van der Waals surface area contributed by atoms with Gasteiger partial charge >= 0.3 is 0 Å². The molecule has 2 N–H and O–H groups in total. The first kappa shape index (κ1) is 16.4. The number of piperidine rings is 1. The Labute approximate surface area is 123 Å². The molecule has 1 aromatic carbocycles. The van der Waals surface area contributed by atoms with E-state index in [9.17, 15) is 14.9 Å². The molecule has 20 heavy (non-hydrogen) atoms. The average Bonchev–Trinajstić information content (AvgIpc) is 2.39. The van der Waals surface area contributed by atoms with Crippen molar-refractivity contribution in [3.63, 3.8) is 0 Å². The lowest BCUT2D eigenvalue weighted by molar-refractivity contribution is -0.384. The Balaban J connectivity index is 0.00000200. The van der Waals surface area contributed by atoms with Crippen LogP contribution in [0.2, 0.25) is 0 Å². The lowest BCUT2D eigenvalue weighted by Crippen LogP contribution is -2.45. The summed E-state index contributed by atoms with van der Waals surface area (Å²) in [6, 6.07) is 4.43. The zero-order valence-electron chi connectivity index (χ0n) is 11.2. The maximum absolute atomic E-state index is 12.1. The normalized spacial score (nSPS) is 17.9. The fourth-order valence-corrected chi connectivity index (χ4v) is 2.25. The number of nitrogens with zero attached hydrogens (tertiary/aromatic N) is 1. The first-order valence-electron chi connectivity index (χ1n) is 6.34. The molecule has 2 rings (SSSR count). The second kappa shape index (κ2) is 7.21. The summed E-state index contributed by atoms with van der Waals surface area (Å²) >= 11 is 0. The highest BCUT2D eigenvalue weighted by molar-refractivity contribution is 5.96. The number of hydrogen-bond acceptors (Lipinski definition) is 4. The molecule has 1 aliphatic heterocycles. The molecule has 0 radical (unpaired) electrons. The van der Waals surface area contributed by atoms with Crippen molar-refractivity contribution in [3.05, 3.63) is 39.4 Å². The second-order valence-electron chi connectivity index (χ2n) is 4.77. The van der Waals surface area contributed by atoms with Gasteiger partial charge in [-0.25, -0.2) is 0 Å². The van der Waals surface area contributed by atoms with Crippen molar-refractivity contribution < 1.29 is 9.72 Å². The largest absolute Gasteiger partial charge is 0.348 e. The summed E-state index contributed by atoms with van der Waals surface area (Å²) in [6.07, 6.45) is 2.01. The van der Waals surface area contributed by atoms with E-state index in [4.69, 9.17) is 0 Å². The summed E-state index contributed by atoms with van der Waals surface area (Å²) in [6.45, 7) is 3.47. The van der Waals surface area contributed by atoms with Gasteiger partial charge in [-0.2, -0.15) is 0 Å². The quantitative estimate of drug-likeness (QED) is 0.658. The number of rotatable bonds is 3. The van der Waals surface area contributed by atoms with Crippen molar-refractivity contribution in [2.24, 2.45) is 0 Å². The number of aryl methyl sites for hydroxylation is 1. The van der Waals surface area contributed by atoms with Crippen LogP contribution in [0.25, 0.3) is 0 Å². The Hall–Kier alpha value is -1.66. The van der Waals surface area contributed by atoms with Crippen LogP contribution >= 0.6 is 12.4 Å². The highest BCUT2D eigenvalue weighted by atomic mass is 35.5. The molecule has 0 aliphatic carbocycles. The van der Waals surface area contributed by atoms with Gasteiger partial charge in [-0.05, 0) is 37.9 Å². The monoisotopic (exact) mass is 299 g/mol. The molecule has 1 unspecified atom stereocenters. The molecule has 1 heterocycles. The van der Waals surface area contributed by atoms with Crippen LogP contribution in [-0.2, 0) is 0 Å². The van der Waals surface area contributed by atoms with E-state index in [0.29, 0.717) is 11.1 Å². The fraction of sp³-hybridized carbons (Fsp3) is 0.462. The smallest absolute Gasteiger partial charge is 0.269 e. The summed E-state index contributed by atoms with van der Waals surface area (Å²) in [4.78, 5) is 22.3. The van der Waals surface area contributed by atoms with E-state index in [2.05, 4.69) is 10.6 Å². The molecule has 1 aliphatic rings. The average molecular weight is 300 g/mol. The van der Waals surface area contributed by atoms with Crippen LogP contribution < -0.4 is 10.6 Å². The molecule has 6 nitrogen and oxygen atoms in total. The summed E-state index contributed by atoms with van der Waals surface area (Å²) < 4.78 is 0. The van der Waals surface area contributed by atoms with E-state index < -0.39 is 4.92 Å². The van der Waals surface area contributed by atoms with Crippen LogP contribution in [0.3, 0.4) is 0 Å². The molecule has 0 spiro atoms. The third kappa shape index (κ3) is 3.91. The van der Waals surface area contributed by atoms with Crippen molar-refractivity contribution in [1.82, 2.24) is 10.6 Å². The molecule has 1 amide bonds. The van der Waals surface area contributed by atoms with Gasteiger partial charge in [0.15, 0.2) is 0 Å². The van der Waals surface area contributed by atoms with Crippen molar-refractivity contribution in [3.8, 4) is 0 Å². The molecule has 0 saturated carbocycles. The van der Waals surface area contributed by atoms with Gasteiger partial charge in [-0.15, -0.1) is 12.4 Å². The lowest BCUT2D eigenvalue weighted by atomic mass is 10.0. The number of nitro groups is 1. The topological polar surface area (TPSA) is 84.3 Å². The first-order chi connectivity index (χ1) is 9.08. The maximum Gasteiger partial charge on any atom is 0.269 e. The zero-order chi connectivity index (χ0) is 13.8.